The van der Waals surface area contributed by atoms with Crippen molar-refractivity contribution in [2.75, 3.05) is 13.1 Å². The molecule has 0 spiro atoms. The van der Waals surface area contributed by atoms with E-state index in [0.29, 0.717) is 5.56 Å². The minimum Gasteiger partial charge on any atom is -0.479 e. The van der Waals surface area contributed by atoms with Gasteiger partial charge in [-0.05, 0) is 17.9 Å². The fourth-order valence-corrected chi connectivity index (χ4v) is 2.87. The molecule has 98 valence electrons. The average molecular weight is 269 g/mol. The number of aliphatic carboxylic acids is 1. The second-order valence-electron chi connectivity index (χ2n) is 4.60. The van der Waals surface area contributed by atoms with Gasteiger partial charge in [-0.15, -0.1) is 0 Å². The Balaban J connectivity index is 2.05. The first-order valence-electron chi connectivity index (χ1n) is 5.72. The van der Waals surface area contributed by atoms with Gasteiger partial charge in [-0.1, -0.05) is 0 Å². The molecule has 1 aliphatic rings. The van der Waals surface area contributed by atoms with Crippen LogP contribution in [-0.2, 0) is 4.79 Å². The Morgan fingerprint density at radius 1 is 1.33 bits per heavy atom. The Morgan fingerprint density at radius 2 is 1.94 bits per heavy atom. The SMILES string of the molecule is Cc1cscc1C(=O)N1CCC(O)(C(=O)O)CC1. The second-order valence-corrected chi connectivity index (χ2v) is 5.34. The molecule has 1 aromatic rings. The van der Waals surface area contributed by atoms with E-state index in [-0.39, 0.29) is 31.8 Å². The van der Waals surface area contributed by atoms with Gasteiger partial charge in [0.25, 0.3) is 5.91 Å². The molecular formula is C12H15NO4S. The van der Waals surface area contributed by atoms with Gasteiger partial charge in [0, 0.05) is 31.3 Å². The van der Waals surface area contributed by atoms with Crippen LogP contribution in [0.3, 0.4) is 0 Å². The van der Waals surface area contributed by atoms with Gasteiger partial charge >= 0.3 is 5.97 Å². The van der Waals surface area contributed by atoms with Crippen molar-refractivity contribution in [3.05, 3.63) is 21.9 Å². The molecule has 2 rings (SSSR count). The number of rotatable bonds is 2. The highest BCUT2D eigenvalue weighted by Crippen LogP contribution is 2.25. The molecule has 1 aliphatic heterocycles. The zero-order chi connectivity index (χ0) is 13.3. The molecular weight excluding hydrogens is 254 g/mol. The highest BCUT2D eigenvalue weighted by Gasteiger charge is 2.40. The van der Waals surface area contributed by atoms with Crippen LogP contribution in [0.25, 0.3) is 0 Å². The Bertz CT molecular complexity index is 474. The monoisotopic (exact) mass is 269 g/mol. The Morgan fingerprint density at radius 3 is 2.39 bits per heavy atom. The van der Waals surface area contributed by atoms with Crippen molar-refractivity contribution in [1.29, 1.82) is 0 Å². The number of hydrogen-bond acceptors (Lipinski definition) is 4. The van der Waals surface area contributed by atoms with E-state index in [4.69, 9.17) is 5.11 Å². The van der Waals surface area contributed by atoms with E-state index >= 15 is 0 Å². The lowest BCUT2D eigenvalue weighted by Crippen LogP contribution is -2.50. The molecule has 0 saturated carbocycles. The van der Waals surface area contributed by atoms with Gasteiger partial charge in [0.2, 0.25) is 0 Å². The molecule has 0 unspecified atom stereocenters. The third kappa shape index (κ3) is 2.26. The van der Waals surface area contributed by atoms with Crippen molar-refractivity contribution in [3.63, 3.8) is 0 Å². The summed E-state index contributed by atoms with van der Waals surface area (Å²) in [5.74, 6) is -1.29. The van der Waals surface area contributed by atoms with Crippen molar-refractivity contribution in [2.24, 2.45) is 0 Å². The first-order chi connectivity index (χ1) is 8.44. The van der Waals surface area contributed by atoms with E-state index < -0.39 is 11.6 Å². The number of aryl methyl sites for hydroxylation is 1. The molecule has 1 fully saturated rings. The van der Waals surface area contributed by atoms with Gasteiger partial charge in [0.1, 0.15) is 0 Å². The lowest BCUT2D eigenvalue weighted by atomic mass is 9.91. The molecule has 2 heterocycles. The summed E-state index contributed by atoms with van der Waals surface area (Å²) in [6.45, 7) is 2.43. The number of nitrogens with zero attached hydrogens (tertiary/aromatic N) is 1. The van der Waals surface area contributed by atoms with Crippen LogP contribution in [0.15, 0.2) is 10.8 Å². The van der Waals surface area contributed by atoms with Crippen LogP contribution in [0, 0.1) is 6.92 Å². The van der Waals surface area contributed by atoms with E-state index in [1.165, 1.54) is 11.3 Å². The topological polar surface area (TPSA) is 77.8 Å². The summed E-state index contributed by atoms with van der Waals surface area (Å²) in [4.78, 5) is 24.7. The summed E-state index contributed by atoms with van der Waals surface area (Å²) >= 11 is 1.47. The van der Waals surface area contributed by atoms with Crippen LogP contribution in [0.1, 0.15) is 28.8 Å². The Kier molecular flexibility index (Phi) is 3.41. The summed E-state index contributed by atoms with van der Waals surface area (Å²) in [6, 6.07) is 0. The quantitative estimate of drug-likeness (QED) is 0.843. The maximum Gasteiger partial charge on any atom is 0.335 e. The van der Waals surface area contributed by atoms with Crippen molar-refractivity contribution < 1.29 is 19.8 Å². The first kappa shape index (κ1) is 13.0. The number of carbonyl (C=O) groups excluding carboxylic acids is 1. The smallest absolute Gasteiger partial charge is 0.335 e. The Hall–Kier alpha value is -1.40. The standard InChI is InChI=1S/C12H15NO4S/c1-8-6-18-7-9(8)10(14)13-4-2-12(17,3-5-13)11(15)16/h6-7,17H,2-5H2,1H3,(H,15,16). The van der Waals surface area contributed by atoms with E-state index in [2.05, 4.69) is 0 Å². The van der Waals surface area contributed by atoms with Crippen LogP contribution in [0.5, 0.6) is 0 Å². The highest BCUT2D eigenvalue weighted by molar-refractivity contribution is 7.08. The maximum atomic E-state index is 12.2. The van der Waals surface area contributed by atoms with Gasteiger partial charge in [0.15, 0.2) is 5.60 Å². The van der Waals surface area contributed by atoms with Gasteiger partial charge in [-0.3, -0.25) is 4.79 Å². The van der Waals surface area contributed by atoms with Crippen LogP contribution in [-0.4, -0.2) is 45.7 Å². The van der Waals surface area contributed by atoms with E-state index in [0.717, 1.165) is 5.56 Å². The van der Waals surface area contributed by atoms with Crippen molar-refractivity contribution in [1.82, 2.24) is 4.90 Å². The number of carboxylic acids is 1. The third-order valence-corrected chi connectivity index (χ3v) is 4.22. The molecule has 18 heavy (non-hydrogen) atoms. The summed E-state index contributed by atoms with van der Waals surface area (Å²) < 4.78 is 0. The number of amides is 1. The Labute approximate surface area is 109 Å². The van der Waals surface area contributed by atoms with Gasteiger partial charge in [-0.25, -0.2) is 4.79 Å². The van der Waals surface area contributed by atoms with Crippen molar-refractivity contribution in [2.45, 2.75) is 25.4 Å². The van der Waals surface area contributed by atoms with Crippen LogP contribution in [0.4, 0.5) is 0 Å². The molecule has 1 aromatic heterocycles. The third-order valence-electron chi connectivity index (χ3n) is 3.36. The van der Waals surface area contributed by atoms with Gasteiger partial charge < -0.3 is 15.1 Å². The van der Waals surface area contributed by atoms with Crippen LogP contribution in [0.2, 0.25) is 0 Å². The molecule has 2 N–H and O–H groups in total. The number of piperidine rings is 1. The van der Waals surface area contributed by atoms with Gasteiger partial charge in [0.05, 0.1) is 5.56 Å². The molecule has 5 nitrogen and oxygen atoms in total. The number of carbonyl (C=O) groups is 2. The summed E-state index contributed by atoms with van der Waals surface area (Å²) in [6.07, 6.45) is 0.161. The van der Waals surface area contributed by atoms with Gasteiger partial charge in [-0.2, -0.15) is 11.3 Å². The lowest BCUT2D eigenvalue weighted by Gasteiger charge is -2.35. The fourth-order valence-electron chi connectivity index (χ4n) is 2.04. The molecule has 0 aromatic carbocycles. The number of hydrogen-bond donors (Lipinski definition) is 2. The second kappa shape index (κ2) is 4.70. The normalized spacial score (nSPS) is 18.7. The summed E-state index contributed by atoms with van der Waals surface area (Å²) in [5, 5.41) is 22.4. The van der Waals surface area contributed by atoms with Crippen molar-refractivity contribution in [3.8, 4) is 0 Å². The first-order valence-corrected chi connectivity index (χ1v) is 6.66. The van der Waals surface area contributed by atoms with E-state index in [9.17, 15) is 14.7 Å². The fraction of sp³-hybridized carbons (Fsp3) is 0.500. The predicted octanol–water partition coefficient (Wildman–Crippen LogP) is 1.11. The molecule has 0 aliphatic carbocycles. The van der Waals surface area contributed by atoms with E-state index in [1.54, 1.807) is 10.3 Å². The minimum atomic E-state index is -1.68. The average Bonchev–Trinajstić information content (AvgIpc) is 2.75. The molecule has 0 radical (unpaired) electrons. The van der Waals surface area contributed by atoms with Crippen LogP contribution < -0.4 is 0 Å². The zero-order valence-electron chi connectivity index (χ0n) is 10.0. The van der Waals surface area contributed by atoms with E-state index in [1.807, 2.05) is 12.3 Å². The summed E-state index contributed by atoms with van der Waals surface area (Å²) in [5.41, 5.74) is -0.0784. The van der Waals surface area contributed by atoms with Crippen LogP contribution >= 0.6 is 11.3 Å². The molecule has 0 atom stereocenters. The number of likely N-dealkylation sites (tertiary alicyclic amines) is 1. The minimum absolute atomic E-state index is 0.0806. The predicted molar refractivity (Wildman–Crippen MR) is 66.8 cm³/mol. The van der Waals surface area contributed by atoms with Crippen molar-refractivity contribution >= 4 is 23.2 Å². The number of thiophene rings is 1. The highest BCUT2D eigenvalue weighted by atomic mass is 32.1. The number of aliphatic hydroxyl groups is 1. The zero-order valence-corrected chi connectivity index (χ0v) is 10.9. The molecule has 0 bridgehead atoms. The maximum absolute atomic E-state index is 12.2. The molecule has 1 amide bonds. The largest absolute Gasteiger partial charge is 0.479 e. The lowest BCUT2D eigenvalue weighted by molar-refractivity contribution is -0.162. The molecule has 6 heteroatoms. The number of carboxylic acid groups (broad SMARTS) is 1. The summed E-state index contributed by atoms with van der Waals surface area (Å²) in [7, 11) is 0. The molecule has 1 saturated heterocycles.